The van der Waals surface area contributed by atoms with Crippen molar-refractivity contribution in [2.45, 2.75) is 46.5 Å². The number of unbranched alkanes of at least 4 members (excludes halogenated alkanes) is 3. The van der Waals surface area contributed by atoms with E-state index < -0.39 is 0 Å². The first-order valence-electron chi connectivity index (χ1n) is 11.1. The van der Waals surface area contributed by atoms with Crippen molar-refractivity contribution in [1.29, 1.82) is 0 Å². The average molecular weight is 408 g/mol. The van der Waals surface area contributed by atoms with Crippen LogP contribution in [0.1, 0.15) is 52.0 Å². The molecule has 0 atom stereocenters. The first kappa shape index (κ1) is 21.8. The lowest BCUT2D eigenvalue weighted by Crippen LogP contribution is -2.45. The maximum Gasteiger partial charge on any atom is 0.256 e. The van der Waals surface area contributed by atoms with Gasteiger partial charge in [0.1, 0.15) is 11.5 Å². The first-order valence-corrected chi connectivity index (χ1v) is 11.1. The van der Waals surface area contributed by atoms with Crippen LogP contribution in [0.15, 0.2) is 77.4 Å². The van der Waals surface area contributed by atoms with Gasteiger partial charge in [0, 0.05) is 12.1 Å². The highest BCUT2D eigenvalue weighted by atomic mass is 16.5. The normalized spacial score (nSPS) is 14.0. The zero-order valence-corrected chi connectivity index (χ0v) is 18.4. The third kappa shape index (κ3) is 5.35. The summed E-state index contributed by atoms with van der Waals surface area (Å²) in [5, 5.41) is 8.94. The monoisotopic (exact) mass is 407 g/mol. The van der Waals surface area contributed by atoms with Crippen LogP contribution in [0.3, 0.4) is 0 Å². The van der Waals surface area contributed by atoms with Gasteiger partial charge in [-0.05, 0) is 32.4 Å². The van der Waals surface area contributed by atoms with Crippen LogP contribution in [-0.4, -0.2) is 35.5 Å². The van der Waals surface area contributed by atoms with Crippen molar-refractivity contribution in [3.8, 4) is 5.75 Å². The van der Waals surface area contributed by atoms with E-state index in [-0.39, 0.29) is 0 Å². The number of hydrazone groups is 1. The zero-order valence-electron chi connectivity index (χ0n) is 18.4. The molecule has 160 valence electrons. The second kappa shape index (κ2) is 11.3. The van der Waals surface area contributed by atoms with Gasteiger partial charge in [0.05, 0.1) is 13.2 Å². The summed E-state index contributed by atoms with van der Waals surface area (Å²) in [6.45, 7) is 8.56. The molecule has 0 N–H and O–H groups in total. The molecule has 0 spiro atoms. The SMILES string of the molecule is CCCCCCOC1=C(Oc2ccccc2)C(c2ccccc2)=NN(CC)N1CC. The van der Waals surface area contributed by atoms with Crippen molar-refractivity contribution in [1.82, 2.24) is 10.1 Å². The predicted octanol–water partition coefficient (Wildman–Crippen LogP) is 5.81. The van der Waals surface area contributed by atoms with E-state index in [4.69, 9.17) is 14.6 Å². The summed E-state index contributed by atoms with van der Waals surface area (Å²) in [6.07, 6.45) is 4.63. The molecule has 0 saturated carbocycles. The number of allylic oxidation sites excluding steroid dienone is 1. The van der Waals surface area contributed by atoms with Crippen LogP contribution in [0.2, 0.25) is 0 Å². The van der Waals surface area contributed by atoms with Gasteiger partial charge >= 0.3 is 0 Å². The van der Waals surface area contributed by atoms with Crippen LogP contribution in [0, 0.1) is 0 Å². The van der Waals surface area contributed by atoms with Crippen LogP contribution in [-0.2, 0) is 4.74 Å². The molecule has 5 heteroatoms. The van der Waals surface area contributed by atoms with Gasteiger partial charge in [-0.3, -0.25) is 0 Å². The number of hydrazine groups is 1. The minimum atomic E-state index is 0.660. The maximum atomic E-state index is 6.39. The number of rotatable bonds is 11. The number of benzene rings is 2. The van der Waals surface area contributed by atoms with Gasteiger partial charge in [0.2, 0.25) is 5.76 Å². The molecule has 1 aliphatic rings. The molecular formula is C25H33N3O2. The molecule has 2 aromatic carbocycles. The average Bonchev–Trinajstić information content (AvgIpc) is 2.80. The lowest BCUT2D eigenvalue weighted by atomic mass is 10.1. The molecular weight excluding hydrogens is 374 g/mol. The maximum absolute atomic E-state index is 6.39. The van der Waals surface area contributed by atoms with Gasteiger partial charge in [-0.15, -0.1) is 0 Å². The third-order valence-corrected chi connectivity index (χ3v) is 4.97. The predicted molar refractivity (Wildman–Crippen MR) is 122 cm³/mol. The zero-order chi connectivity index (χ0) is 21.2. The molecule has 0 unspecified atom stereocenters. The molecule has 0 fully saturated rings. The lowest BCUT2D eigenvalue weighted by Gasteiger charge is -2.38. The van der Waals surface area contributed by atoms with Crippen molar-refractivity contribution >= 4 is 5.71 Å². The summed E-state index contributed by atoms with van der Waals surface area (Å²) in [5.41, 5.74) is 1.79. The Labute approximate surface area is 180 Å². The van der Waals surface area contributed by atoms with E-state index in [2.05, 4.69) is 37.9 Å². The van der Waals surface area contributed by atoms with Crippen molar-refractivity contribution in [3.63, 3.8) is 0 Å². The Hall–Kier alpha value is -2.95. The molecule has 0 amide bonds. The van der Waals surface area contributed by atoms with Gasteiger partial charge in [-0.25, -0.2) is 10.1 Å². The first-order chi connectivity index (χ1) is 14.8. The Morgan fingerprint density at radius 2 is 1.50 bits per heavy atom. The number of ether oxygens (including phenoxy) is 2. The van der Waals surface area contributed by atoms with E-state index in [0.29, 0.717) is 12.4 Å². The summed E-state index contributed by atoms with van der Waals surface area (Å²) < 4.78 is 12.8. The van der Waals surface area contributed by atoms with Crippen molar-refractivity contribution in [2.24, 2.45) is 5.10 Å². The summed E-state index contributed by atoms with van der Waals surface area (Å²) in [7, 11) is 0. The highest BCUT2D eigenvalue weighted by molar-refractivity contribution is 6.12. The topological polar surface area (TPSA) is 37.3 Å². The number of hydrogen-bond donors (Lipinski definition) is 0. The third-order valence-electron chi connectivity index (χ3n) is 4.97. The fourth-order valence-electron chi connectivity index (χ4n) is 3.41. The second-order valence-electron chi connectivity index (χ2n) is 7.18. The Bertz CT molecular complexity index is 834. The Morgan fingerprint density at radius 3 is 2.13 bits per heavy atom. The van der Waals surface area contributed by atoms with E-state index >= 15 is 0 Å². The molecule has 0 aromatic heterocycles. The molecule has 2 aromatic rings. The number of para-hydroxylation sites is 1. The van der Waals surface area contributed by atoms with Crippen LogP contribution < -0.4 is 4.74 Å². The van der Waals surface area contributed by atoms with Crippen molar-refractivity contribution < 1.29 is 9.47 Å². The summed E-state index contributed by atoms with van der Waals surface area (Å²) in [6, 6.07) is 20.0. The van der Waals surface area contributed by atoms with Gasteiger partial charge < -0.3 is 9.47 Å². The molecule has 0 saturated heterocycles. The smallest absolute Gasteiger partial charge is 0.256 e. The fraction of sp³-hybridized carbons (Fsp3) is 0.400. The Balaban J connectivity index is 2.00. The minimum Gasteiger partial charge on any atom is -0.475 e. The van der Waals surface area contributed by atoms with Crippen LogP contribution in [0.25, 0.3) is 0 Å². The highest BCUT2D eigenvalue weighted by Crippen LogP contribution is 2.28. The number of nitrogens with zero attached hydrogens (tertiary/aromatic N) is 3. The van der Waals surface area contributed by atoms with Gasteiger partial charge in [0.15, 0.2) is 0 Å². The summed E-state index contributed by atoms with van der Waals surface area (Å²) >= 11 is 0. The molecule has 0 bridgehead atoms. The quantitative estimate of drug-likeness (QED) is 0.441. The molecule has 0 aliphatic carbocycles. The second-order valence-corrected chi connectivity index (χ2v) is 7.18. The van der Waals surface area contributed by atoms with Gasteiger partial charge in [0.25, 0.3) is 5.88 Å². The van der Waals surface area contributed by atoms with Crippen LogP contribution in [0.5, 0.6) is 5.75 Å². The molecule has 3 rings (SSSR count). The van der Waals surface area contributed by atoms with Gasteiger partial charge in [-0.1, -0.05) is 74.7 Å². The van der Waals surface area contributed by atoms with E-state index in [9.17, 15) is 0 Å². The Kier molecular flexibility index (Phi) is 8.19. The van der Waals surface area contributed by atoms with E-state index in [0.717, 1.165) is 42.4 Å². The lowest BCUT2D eigenvalue weighted by molar-refractivity contribution is -0.0535. The Morgan fingerprint density at radius 1 is 0.800 bits per heavy atom. The molecule has 5 nitrogen and oxygen atoms in total. The summed E-state index contributed by atoms with van der Waals surface area (Å²) in [5.74, 6) is 2.16. The van der Waals surface area contributed by atoms with Gasteiger partial charge in [-0.2, -0.15) is 5.10 Å². The van der Waals surface area contributed by atoms with Crippen LogP contribution in [0.4, 0.5) is 0 Å². The minimum absolute atomic E-state index is 0.660. The fourth-order valence-corrected chi connectivity index (χ4v) is 3.41. The van der Waals surface area contributed by atoms with Crippen molar-refractivity contribution in [3.05, 3.63) is 77.9 Å². The molecule has 30 heavy (non-hydrogen) atoms. The summed E-state index contributed by atoms with van der Waals surface area (Å²) in [4.78, 5) is 0. The van der Waals surface area contributed by atoms with E-state index in [1.165, 1.54) is 19.3 Å². The highest BCUT2D eigenvalue weighted by Gasteiger charge is 2.31. The largest absolute Gasteiger partial charge is 0.475 e. The van der Waals surface area contributed by atoms with Crippen molar-refractivity contribution in [2.75, 3.05) is 19.7 Å². The van der Waals surface area contributed by atoms with Crippen LogP contribution >= 0.6 is 0 Å². The van der Waals surface area contributed by atoms with E-state index in [1.807, 2.05) is 53.6 Å². The molecule has 1 heterocycles. The van der Waals surface area contributed by atoms with E-state index in [1.54, 1.807) is 0 Å². The molecule has 0 radical (unpaired) electrons. The standard InChI is InChI=1S/C25H33N3O2/c1-4-7-8-15-20-29-25-24(30-22-18-13-10-14-19-22)23(21-16-11-9-12-17-21)26-28(6-3)27(25)5-2/h9-14,16-19H,4-8,15,20H2,1-3H3. The molecule has 1 aliphatic heterocycles. The number of hydrogen-bond acceptors (Lipinski definition) is 5.